The second kappa shape index (κ2) is 6.74. The largest absolute Gasteiger partial charge is 0.251 e. The molecule has 0 aliphatic rings. The van der Waals surface area contributed by atoms with Gasteiger partial charge in [-0.2, -0.15) is 9.61 Å². The van der Waals surface area contributed by atoms with E-state index in [0.717, 1.165) is 0 Å². The highest BCUT2D eigenvalue weighted by Crippen LogP contribution is 2.36. The van der Waals surface area contributed by atoms with Crippen LogP contribution in [0.25, 0.3) is 33.0 Å². The Morgan fingerprint density at radius 2 is 1.97 bits per heavy atom. The first-order chi connectivity index (χ1) is 15.0. The fraction of sp³-hybridized carbons (Fsp3) is 0.182. The number of halogens is 2. The van der Waals surface area contributed by atoms with Crippen molar-refractivity contribution in [1.29, 1.82) is 0 Å². The lowest BCUT2D eigenvalue weighted by atomic mass is 9.93. The van der Waals surface area contributed by atoms with Gasteiger partial charge in [-0.25, -0.2) is 23.6 Å². The maximum absolute atomic E-state index is 14.6. The van der Waals surface area contributed by atoms with Gasteiger partial charge in [0, 0.05) is 26.2 Å². The summed E-state index contributed by atoms with van der Waals surface area (Å²) in [5.74, 6) is -1.21. The van der Waals surface area contributed by atoms with E-state index in [1.54, 1.807) is 13.8 Å². The fourth-order valence-electron chi connectivity index (χ4n) is 3.02. The number of aromatic nitrogens is 4. The standard InChI is InChI=1S/C22H17F2N5/c1-22(2,3)19-12-27-29-18(11-26-21(29)28-19)13-8-9-15(23)14(10-13)20-16(24)6-5-7-17(20)25-4/h5-12H,1-3H3/i1D3. The molecule has 29 heavy (non-hydrogen) atoms. The van der Waals surface area contributed by atoms with E-state index in [2.05, 4.69) is 19.9 Å². The Labute approximate surface area is 170 Å². The lowest BCUT2D eigenvalue weighted by molar-refractivity contribution is 0.562. The summed E-state index contributed by atoms with van der Waals surface area (Å²) < 4.78 is 53.8. The van der Waals surface area contributed by atoms with Crippen molar-refractivity contribution in [3.63, 3.8) is 0 Å². The molecule has 0 N–H and O–H groups in total. The van der Waals surface area contributed by atoms with Gasteiger partial charge in [0.25, 0.3) is 5.78 Å². The van der Waals surface area contributed by atoms with Crippen LogP contribution in [0.15, 0.2) is 48.8 Å². The van der Waals surface area contributed by atoms with Crippen LogP contribution in [-0.2, 0) is 5.41 Å². The van der Waals surface area contributed by atoms with Crippen molar-refractivity contribution in [1.82, 2.24) is 19.6 Å². The van der Waals surface area contributed by atoms with Crippen molar-refractivity contribution >= 4 is 11.5 Å². The molecule has 0 bridgehead atoms. The van der Waals surface area contributed by atoms with Crippen LogP contribution in [0, 0.1) is 18.2 Å². The number of hydrogen-bond donors (Lipinski definition) is 0. The average Bonchev–Trinajstić information content (AvgIpc) is 3.16. The molecule has 0 saturated carbocycles. The highest BCUT2D eigenvalue weighted by molar-refractivity contribution is 5.82. The first-order valence-electron chi connectivity index (χ1n) is 10.2. The number of nitrogens with zero attached hydrogens (tertiary/aromatic N) is 5. The van der Waals surface area contributed by atoms with Gasteiger partial charge in [-0.15, -0.1) is 0 Å². The molecule has 0 aliphatic carbocycles. The molecule has 2 aromatic heterocycles. The number of imidazole rings is 1. The summed E-state index contributed by atoms with van der Waals surface area (Å²) in [6, 6.07) is 8.09. The second-order valence-electron chi connectivity index (χ2n) is 7.06. The van der Waals surface area contributed by atoms with Crippen LogP contribution < -0.4 is 0 Å². The third kappa shape index (κ3) is 3.23. The Kier molecular flexibility index (Phi) is 3.55. The fourth-order valence-corrected chi connectivity index (χ4v) is 3.02. The van der Waals surface area contributed by atoms with E-state index in [0.29, 0.717) is 11.3 Å². The summed E-state index contributed by atoms with van der Waals surface area (Å²) >= 11 is 0. The predicted molar refractivity (Wildman–Crippen MR) is 107 cm³/mol. The minimum atomic E-state index is -2.29. The molecule has 144 valence electrons. The van der Waals surface area contributed by atoms with Crippen LogP contribution in [0.2, 0.25) is 0 Å². The molecule has 0 saturated heterocycles. The first-order valence-corrected chi connectivity index (χ1v) is 8.72. The molecule has 0 unspecified atom stereocenters. The van der Waals surface area contributed by atoms with Crippen LogP contribution in [0.5, 0.6) is 0 Å². The summed E-state index contributed by atoms with van der Waals surface area (Å²) in [6.45, 7) is 8.10. The van der Waals surface area contributed by atoms with Gasteiger partial charge in [0.1, 0.15) is 11.6 Å². The molecule has 2 heterocycles. The number of hydrogen-bond acceptors (Lipinski definition) is 3. The Bertz CT molecular complexity index is 1390. The normalized spacial score (nSPS) is 13.6. The van der Waals surface area contributed by atoms with Gasteiger partial charge in [0.05, 0.1) is 30.4 Å². The van der Waals surface area contributed by atoms with Gasteiger partial charge in [-0.1, -0.05) is 32.8 Å². The van der Waals surface area contributed by atoms with Crippen molar-refractivity contribution in [2.24, 2.45) is 0 Å². The highest BCUT2D eigenvalue weighted by Gasteiger charge is 2.20. The van der Waals surface area contributed by atoms with Crippen LogP contribution in [0.1, 0.15) is 30.5 Å². The van der Waals surface area contributed by atoms with Crippen molar-refractivity contribution in [2.45, 2.75) is 26.1 Å². The topological polar surface area (TPSA) is 47.4 Å². The maximum Gasteiger partial charge on any atom is 0.251 e. The Hall–Kier alpha value is -3.66. The lowest BCUT2D eigenvalue weighted by Crippen LogP contribution is -2.15. The number of benzene rings is 2. The average molecular weight is 392 g/mol. The van der Waals surface area contributed by atoms with Crippen molar-refractivity contribution in [3.8, 4) is 22.4 Å². The zero-order valence-corrected chi connectivity index (χ0v) is 15.6. The third-order valence-corrected chi connectivity index (χ3v) is 4.52. The summed E-state index contributed by atoms with van der Waals surface area (Å²) in [4.78, 5) is 11.9. The van der Waals surface area contributed by atoms with Gasteiger partial charge in [-0.3, -0.25) is 0 Å². The number of fused-ring (bicyclic) bond motifs is 1. The zero-order chi connectivity index (χ0) is 23.3. The predicted octanol–water partition coefficient (Wildman–Crippen LogP) is 5.58. The molecule has 0 radical (unpaired) electrons. The lowest BCUT2D eigenvalue weighted by Gasteiger charge is -2.16. The van der Waals surface area contributed by atoms with Crippen molar-refractivity contribution in [3.05, 3.63) is 77.5 Å². The van der Waals surface area contributed by atoms with Crippen LogP contribution >= 0.6 is 0 Å². The molecular formula is C22H17F2N5. The van der Waals surface area contributed by atoms with Crippen LogP contribution in [0.4, 0.5) is 14.5 Å². The van der Waals surface area contributed by atoms with Gasteiger partial charge in [0.15, 0.2) is 5.69 Å². The minimum Gasteiger partial charge on any atom is -0.237 e. The molecule has 5 nitrogen and oxygen atoms in total. The molecule has 0 spiro atoms. The number of rotatable bonds is 2. The van der Waals surface area contributed by atoms with Gasteiger partial charge >= 0.3 is 0 Å². The summed E-state index contributed by atoms with van der Waals surface area (Å²) in [6.07, 6.45) is 2.83. The molecule has 0 atom stereocenters. The molecule has 2 aromatic carbocycles. The molecule has 0 amide bonds. The molecular weight excluding hydrogens is 372 g/mol. The third-order valence-electron chi connectivity index (χ3n) is 4.52. The smallest absolute Gasteiger partial charge is 0.237 e. The van der Waals surface area contributed by atoms with Crippen molar-refractivity contribution in [2.75, 3.05) is 0 Å². The summed E-state index contributed by atoms with van der Waals surface area (Å²) in [7, 11) is 0. The van der Waals surface area contributed by atoms with E-state index in [9.17, 15) is 8.78 Å². The van der Waals surface area contributed by atoms with Crippen molar-refractivity contribution < 1.29 is 12.9 Å². The van der Waals surface area contributed by atoms with E-state index in [1.165, 1.54) is 53.3 Å². The Morgan fingerprint density at radius 3 is 2.72 bits per heavy atom. The minimum absolute atomic E-state index is 0.00415. The quantitative estimate of drug-likeness (QED) is 0.418. The maximum atomic E-state index is 14.6. The summed E-state index contributed by atoms with van der Waals surface area (Å²) in [5, 5.41) is 4.30. The first kappa shape index (κ1) is 15.3. The van der Waals surface area contributed by atoms with Gasteiger partial charge in [0.2, 0.25) is 0 Å². The monoisotopic (exact) mass is 392 g/mol. The van der Waals surface area contributed by atoms with E-state index >= 15 is 0 Å². The summed E-state index contributed by atoms with van der Waals surface area (Å²) in [5.41, 5.74) is -0.237. The molecule has 0 aliphatic heterocycles. The van der Waals surface area contributed by atoms with Gasteiger partial charge < -0.3 is 0 Å². The molecule has 7 heteroatoms. The molecule has 0 fully saturated rings. The van der Waals surface area contributed by atoms with Crippen LogP contribution in [-0.4, -0.2) is 19.6 Å². The molecule has 4 rings (SSSR count). The van der Waals surface area contributed by atoms with Gasteiger partial charge in [-0.05, 0) is 24.3 Å². The Morgan fingerprint density at radius 1 is 1.14 bits per heavy atom. The zero-order valence-electron chi connectivity index (χ0n) is 18.6. The van der Waals surface area contributed by atoms with E-state index in [1.807, 2.05) is 0 Å². The molecule has 4 aromatic rings. The Balaban J connectivity index is 1.85. The van der Waals surface area contributed by atoms with E-state index < -0.39 is 23.9 Å². The van der Waals surface area contributed by atoms with E-state index in [4.69, 9.17) is 10.7 Å². The highest BCUT2D eigenvalue weighted by atomic mass is 19.1. The SMILES string of the molecule is [2H]C([2H])([2H])C(C)(C)c1cnn2c(-c3ccc(F)c(-c4c(F)cccc4[N+]#[C-])c3)cnc2n1. The second-order valence-corrected chi connectivity index (χ2v) is 7.06. The van der Waals surface area contributed by atoms with Crippen LogP contribution in [0.3, 0.4) is 0 Å². The van der Waals surface area contributed by atoms with E-state index in [-0.39, 0.29) is 28.3 Å².